The van der Waals surface area contributed by atoms with Crippen LogP contribution in [0.2, 0.25) is 0 Å². The fourth-order valence-corrected chi connectivity index (χ4v) is 2.78. The average molecular weight is 437 g/mol. The number of carbonyl (C=O) groups excluding carboxylic acids is 1. The molecule has 3 aromatic rings. The fourth-order valence-electron chi connectivity index (χ4n) is 2.78. The van der Waals surface area contributed by atoms with E-state index >= 15 is 0 Å². The Bertz CT molecular complexity index is 1070. The van der Waals surface area contributed by atoms with Gasteiger partial charge in [-0.05, 0) is 55.0 Å². The van der Waals surface area contributed by atoms with Crippen molar-refractivity contribution in [2.45, 2.75) is 19.8 Å². The molecule has 0 amide bonds. The van der Waals surface area contributed by atoms with Crippen LogP contribution in [-0.2, 0) is 4.74 Å². The van der Waals surface area contributed by atoms with Crippen LogP contribution in [0.25, 0.3) is 0 Å². The lowest BCUT2D eigenvalue weighted by atomic mass is 10.2. The Hall–Kier alpha value is -4.21. The van der Waals surface area contributed by atoms with Crippen LogP contribution in [0.1, 0.15) is 30.1 Å². The molecule has 32 heavy (non-hydrogen) atoms. The third-order valence-corrected chi connectivity index (χ3v) is 4.46. The molecule has 0 saturated carbocycles. The van der Waals surface area contributed by atoms with Crippen LogP contribution < -0.4 is 15.4 Å². The molecule has 0 aliphatic carbocycles. The highest BCUT2D eigenvalue weighted by molar-refractivity contribution is 5.90. The maximum absolute atomic E-state index is 11.8. The van der Waals surface area contributed by atoms with Gasteiger partial charge in [0.05, 0.1) is 24.2 Å². The number of anilines is 4. The second-order valence-corrected chi connectivity index (χ2v) is 6.72. The third-order valence-electron chi connectivity index (χ3n) is 4.46. The smallest absolute Gasteiger partial charge is 0.353 e. The molecule has 0 spiro atoms. The van der Waals surface area contributed by atoms with Gasteiger partial charge < -0.3 is 20.1 Å². The van der Waals surface area contributed by atoms with E-state index in [1.54, 1.807) is 48.5 Å². The summed E-state index contributed by atoms with van der Waals surface area (Å²) in [6.45, 7) is 2.72. The molecular formula is C22H23N5O5. The van der Waals surface area contributed by atoms with Gasteiger partial charge >= 0.3 is 11.7 Å². The lowest BCUT2D eigenvalue weighted by molar-refractivity contribution is -0.383. The Morgan fingerprint density at radius 2 is 1.56 bits per heavy atom. The van der Waals surface area contributed by atoms with Gasteiger partial charge in [-0.1, -0.05) is 13.3 Å². The SMILES string of the molecule is CCCCOc1ccc(Nc2ncnc(Nc3ccc(C(=O)OC)cc3)c2[N+](=O)[O-])cc1. The number of nitrogens with zero attached hydrogens (tertiary/aromatic N) is 3. The summed E-state index contributed by atoms with van der Waals surface area (Å²) in [5.74, 6) is 0.299. The summed E-state index contributed by atoms with van der Waals surface area (Å²) in [5.41, 5.74) is 1.18. The summed E-state index contributed by atoms with van der Waals surface area (Å²) in [6, 6.07) is 13.4. The van der Waals surface area contributed by atoms with Crippen molar-refractivity contribution in [2.75, 3.05) is 24.4 Å². The standard InChI is InChI=1S/C22H23N5O5/c1-3-4-13-32-18-11-9-17(10-12-18)26-21-19(27(29)30)20(23-14-24-21)25-16-7-5-15(6-8-16)22(28)31-2/h5-12,14H,3-4,13H2,1-2H3,(H2,23,24,25,26). The first-order valence-corrected chi connectivity index (χ1v) is 9.96. The number of benzene rings is 2. The molecule has 0 aliphatic heterocycles. The predicted molar refractivity (Wildman–Crippen MR) is 120 cm³/mol. The number of ether oxygens (including phenoxy) is 2. The van der Waals surface area contributed by atoms with E-state index in [1.165, 1.54) is 13.4 Å². The molecule has 10 heteroatoms. The minimum Gasteiger partial charge on any atom is -0.494 e. The Balaban J connectivity index is 1.79. The van der Waals surface area contributed by atoms with Crippen LogP contribution in [0.3, 0.4) is 0 Å². The number of carbonyl (C=O) groups is 1. The quantitative estimate of drug-likeness (QED) is 0.198. The molecule has 0 saturated heterocycles. The van der Waals surface area contributed by atoms with E-state index < -0.39 is 10.9 Å². The minimum absolute atomic E-state index is 0.0119. The van der Waals surface area contributed by atoms with E-state index in [0.29, 0.717) is 23.5 Å². The topological polar surface area (TPSA) is 129 Å². The molecule has 166 valence electrons. The zero-order valence-electron chi connectivity index (χ0n) is 17.7. The normalized spacial score (nSPS) is 10.3. The third kappa shape index (κ3) is 5.69. The molecule has 10 nitrogen and oxygen atoms in total. The zero-order chi connectivity index (χ0) is 22.9. The van der Waals surface area contributed by atoms with Crippen LogP contribution in [0.15, 0.2) is 54.9 Å². The number of nitro groups is 1. The number of rotatable bonds is 10. The van der Waals surface area contributed by atoms with E-state index in [1.807, 2.05) is 0 Å². The fraction of sp³-hybridized carbons (Fsp3) is 0.227. The molecule has 0 unspecified atom stereocenters. The summed E-state index contributed by atoms with van der Waals surface area (Å²) < 4.78 is 10.3. The number of methoxy groups -OCH3 is 1. The molecule has 0 bridgehead atoms. The van der Waals surface area contributed by atoms with Crippen LogP contribution in [0.5, 0.6) is 5.75 Å². The summed E-state index contributed by atoms with van der Waals surface area (Å²) in [5, 5.41) is 17.6. The zero-order valence-corrected chi connectivity index (χ0v) is 17.7. The molecule has 1 aromatic heterocycles. The molecule has 0 radical (unpaired) electrons. The van der Waals surface area contributed by atoms with Gasteiger partial charge in [0.1, 0.15) is 12.1 Å². The van der Waals surface area contributed by atoms with Crippen molar-refractivity contribution in [3.8, 4) is 5.75 Å². The van der Waals surface area contributed by atoms with E-state index in [2.05, 4.69) is 32.3 Å². The van der Waals surface area contributed by atoms with Crippen molar-refractivity contribution in [3.63, 3.8) is 0 Å². The van der Waals surface area contributed by atoms with Crippen molar-refractivity contribution < 1.29 is 19.2 Å². The molecule has 1 heterocycles. The minimum atomic E-state index is -0.560. The van der Waals surface area contributed by atoms with E-state index in [4.69, 9.17) is 4.74 Å². The first-order valence-electron chi connectivity index (χ1n) is 9.96. The molecule has 0 atom stereocenters. The van der Waals surface area contributed by atoms with Gasteiger partial charge in [0, 0.05) is 11.4 Å². The molecular weight excluding hydrogens is 414 g/mol. The molecule has 0 aliphatic rings. The van der Waals surface area contributed by atoms with Crippen molar-refractivity contribution in [1.29, 1.82) is 0 Å². The van der Waals surface area contributed by atoms with E-state index in [9.17, 15) is 14.9 Å². The summed E-state index contributed by atoms with van der Waals surface area (Å²) in [4.78, 5) is 30.8. The van der Waals surface area contributed by atoms with Gasteiger partial charge in [0.15, 0.2) is 0 Å². The van der Waals surface area contributed by atoms with Crippen molar-refractivity contribution in [3.05, 3.63) is 70.5 Å². The summed E-state index contributed by atoms with van der Waals surface area (Å²) in [6.07, 6.45) is 3.24. The Kier molecular flexibility index (Phi) is 7.52. The highest BCUT2D eigenvalue weighted by Gasteiger charge is 2.23. The van der Waals surface area contributed by atoms with Gasteiger partial charge in [-0.3, -0.25) is 10.1 Å². The summed E-state index contributed by atoms with van der Waals surface area (Å²) >= 11 is 0. The highest BCUT2D eigenvalue weighted by Crippen LogP contribution is 2.33. The molecule has 3 rings (SSSR count). The number of hydrogen-bond donors (Lipinski definition) is 2. The van der Waals surface area contributed by atoms with Gasteiger partial charge in [-0.15, -0.1) is 0 Å². The number of hydrogen-bond acceptors (Lipinski definition) is 9. The molecule has 0 fully saturated rings. The maximum atomic E-state index is 11.8. The number of unbranched alkanes of at least 4 members (excludes halogenated alkanes) is 1. The van der Waals surface area contributed by atoms with Crippen LogP contribution in [-0.4, -0.2) is 34.6 Å². The number of nitrogens with one attached hydrogen (secondary N) is 2. The Morgan fingerprint density at radius 3 is 2.06 bits per heavy atom. The van der Waals surface area contributed by atoms with Crippen molar-refractivity contribution in [1.82, 2.24) is 9.97 Å². The second kappa shape index (κ2) is 10.7. The predicted octanol–water partition coefficient (Wildman–Crippen LogP) is 4.84. The van der Waals surface area contributed by atoms with Crippen LogP contribution in [0, 0.1) is 10.1 Å². The van der Waals surface area contributed by atoms with Crippen molar-refractivity contribution >= 4 is 34.7 Å². The average Bonchev–Trinajstić information content (AvgIpc) is 2.80. The first kappa shape index (κ1) is 22.5. The van der Waals surface area contributed by atoms with E-state index in [-0.39, 0.29) is 17.3 Å². The van der Waals surface area contributed by atoms with E-state index in [0.717, 1.165) is 18.6 Å². The van der Waals surface area contributed by atoms with Crippen molar-refractivity contribution in [2.24, 2.45) is 0 Å². The van der Waals surface area contributed by atoms with Gasteiger partial charge in [0.25, 0.3) is 0 Å². The van der Waals surface area contributed by atoms with Crippen LogP contribution >= 0.6 is 0 Å². The summed E-state index contributed by atoms with van der Waals surface area (Å²) in [7, 11) is 1.29. The van der Waals surface area contributed by atoms with Gasteiger partial charge in [0.2, 0.25) is 11.6 Å². The first-order chi connectivity index (χ1) is 15.5. The number of esters is 1. The molecule has 2 N–H and O–H groups in total. The molecule has 2 aromatic carbocycles. The monoisotopic (exact) mass is 437 g/mol. The Labute approximate surface area is 184 Å². The Morgan fingerprint density at radius 1 is 1.00 bits per heavy atom. The maximum Gasteiger partial charge on any atom is 0.353 e. The van der Waals surface area contributed by atoms with Gasteiger partial charge in [-0.2, -0.15) is 0 Å². The van der Waals surface area contributed by atoms with Crippen LogP contribution in [0.4, 0.5) is 28.7 Å². The lowest BCUT2D eigenvalue weighted by Gasteiger charge is -2.11. The highest BCUT2D eigenvalue weighted by atomic mass is 16.6. The largest absolute Gasteiger partial charge is 0.494 e. The van der Waals surface area contributed by atoms with Gasteiger partial charge in [-0.25, -0.2) is 14.8 Å². The second-order valence-electron chi connectivity index (χ2n) is 6.72. The number of aromatic nitrogens is 2. The lowest BCUT2D eigenvalue weighted by Crippen LogP contribution is -2.06.